The first-order valence-corrected chi connectivity index (χ1v) is 10.8. The molecular weight excluding hydrogens is 392 g/mol. The van der Waals surface area contributed by atoms with Crippen LogP contribution in [0.4, 0.5) is 11.4 Å². The molecule has 1 amide bonds. The number of nitrogens with one attached hydrogen (secondary N) is 2. The number of carbonyl (C=O) groups excluding carboxylic acids is 1. The molecule has 1 aliphatic rings. The first kappa shape index (κ1) is 22.6. The molecule has 0 aromatic heterocycles. The van der Waals surface area contributed by atoms with Crippen LogP contribution in [0, 0.1) is 0 Å². The topological polar surface area (TPSA) is 75.2 Å². The van der Waals surface area contributed by atoms with Gasteiger partial charge in [-0.1, -0.05) is 18.2 Å². The van der Waals surface area contributed by atoms with Crippen LogP contribution in [0.2, 0.25) is 0 Å². The van der Waals surface area contributed by atoms with Gasteiger partial charge in [-0.15, -0.1) is 0 Å². The normalized spacial score (nSPS) is 14.5. The summed E-state index contributed by atoms with van der Waals surface area (Å²) in [6, 6.07) is 15.9. The van der Waals surface area contributed by atoms with Crippen LogP contribution in [0.1, 0.15) is 31.2 Å². The second-order valence-corrected chi connectivity index (χ2v) is 7.44. The van der Waals surface area contributed by atoms with Gasteiger partial charge in [0.2, 0.25) is 5.91 Å². The van der Waals surface area contributed by atoms with E-state index in [-0.39, 0.29) is 5.91 Å². The van der Waals surface area contributed by atoms with Gasteiger partial charge < -0.3 is 25.0 Å². The molecule has 7 heteroatoms. The third kappa shape index (κ3) is 7.00. The highest BCUT2D eigenvalue weighted by Crippen LogP contribution is 2.21. The summed E-state index contributed by atoms with van der Waals surface area (Å²) in [4.78, 5) is 18.3. The van der Waals surface area contributed by atoms with Gasteiger partial charge in [0.05, 0.1) is 6.61 Å². The zero-order chi connectivity index (χ0) is 21.9. The Morgan fingerprint density at radius 3 is 2.71 bits per heavy atom. The lowest BCUT2D eigenvalue weighted by atomic mass is 10.1. The molecule has 2 aromatic rings. The lowest BCUT2D eigenvalue weighted by Gasteiger charge is -2.26. The highest BCUT2D eigenvalue weighted by Gasteiger charge is 2.19. The summed E-state index contributed by atoms with van der Waals surface area (Å²) in [6.45, 7) is 2.73. The molecule has 1 heterocycles. The van der Waals surface area contributed by atoms with Crippen molar-refractivity contribution in [2.75, 3.05) is 44.1 Å². The number of rotatable bonds is 9. The number of amides is 1. The third-order valence-corrected chi connectivity index (χ3v) is 5.11. The third-order valence-electron chi connectivity index (χ3n) is 5.11. The van der Waals surface area contributed by atoms with Gasteiger partial charge >= 0.3 is 0 Å². The number of hydrogen-bond acceptors (Lipinski definition) is 4. The van der Waals surface area contributed by atoms with E-state index in [4.69, 9.17) is 9.47 Å². The Morgan fingerprint density at radius 2 is 1.97 bits per heavy atom. The molecule has 166 valence electrons. The monoisotopic (exact) mass is 424 g/mol. The number of methoxy groups -OCH3 is 1. The van der Waals surface area contributed by atoms with Gasteiger partial charge in [0, 0.05) is 64.1 Å². The molecule has 0 saturated carbocycles. The first-order valence-electron chi connectivity index (χ1n) is 10.8. The molecule has 7 nitrogen and oxygen atoms in total. The molecule has 0 aliphatic carbocycles. The summed E-state index contributed by atoms with van der Waals surface area (Å²) in [7, 11) is 3.43. The molecule has 3 rings (SSSR count). The van der Waals surface area contributed by atoms with Gasteiger partial charge in [-0.3, -0.25) is 9.79 Å². The molecule has 1 aliphatic heterocycles. The second-order valence-electron chi connectivity index (χ2n) is 7.44. The number of piperidine rings is 1. The number of anilines is 2. The van der Waals surface area contributed by atoms with E-state index in [0.29, 0.717) is 32.1 Å². The lowest BCUT2D eigenvalue weighted by Crippen LogP contribution is -2.35. The Bertz CT molecular complexity index is 867. The van der Waals surface area contributed by atoms with E-state index in [1.807, 2.05) is 53.4 Å². The second kappa shape index (κ2) is 12.0. The molecule has 0 spiro atoms. The highest BCUT2D eigenvalue weighted by atomic mass is 16.5. The number of ether oxygens (including phenoxy) is 2. The van der Waals surface area contributed by atoms with Gasteiger partial charge in [0.25, 0.3) is 0 Å². The molecule has 31 heavy (non-hydrogen) atoms. The number of guanidine groups is 1. The Balaban J connectivity index is 1.51. The molecule has 1 fully saturated rings. The van der Waals surface area contributed by atoms with Crippen molar-refractivity contribution in [2.45, 2.75) is 32.2 Å². The Hall–Kier alpha value is -3.06. The van der Waals surface area contributed by atoms with Crippen molar-refractivity contribution in [3.8, 4) is 5.75 Å². The van der Waals surface area contributed by atoms with Crippen LogP contribution in [0.15, 0.2) is 53.5 Å². The molecule has 0 bridgehead atoms. The summed E-state index contributed by atoms with van der Waals surface area (Å²) < 4.78 is 10.8. The average Bonchev–Trinajstić information content (AvgIpc) is 2.80. The molecule has 2 N–H and O–H groups in total. The van der Waals surface area contributed by atoms with Crippen molar-refractivity contribution in [1.82, 2.24) is 5.32 Å². The quantitative estimate of drug-likeness (QED) is 0.364. The van der Waals surface area contributed by atoms with E-state index in [0.717, 1.165) is 48.5 Å². The van der Waals surface area contributed by atoms with E-state index in [1.54, 1.807) is 14.2 Å². The summed E-state index contributed by atoms with van der Waals surface area (Å²) >= 11 is 0. The minimum Gasteiger partial charge on any atom is -0.493 e. The molecular formula is C24H32N4O3. The molecule has 0 atom stereocenters. The summed E-state index contributed by atoms with van der Waals surface area (Å²) in [5.41, 5.74) is 2.99. The van der Waals surface area contributed by atoms with Crippen LogP contribution in [0.3, 0.4) is 0 Å². The fraction of sp³-hybridized carbons (Fsp3) is 0.417. The Kier molecular flexibility index (Phi) is 8.72. The Labute approximate surface area is 184 Å². The largest absolute Gasteiger partial charge is 0.493 e. The van der Waals surface area contributed by atoms with Crippen molar-refractivity contribution in [2.24, 2.45) is 4.99 Å². The van der Waals surface area contributed by atoms with Crippen LogP contribution >= 0.6 is 0 Å². The van der Waals surface area contributed by atoms with Crippen molar-refractivity contribution < 1.29 is 14.3 Å². The molecule has 0 radical (unpaired) electrons. The predicted molar refractivity (Wildman–Crippen MR) is 125 cm³/mol. The van der Waals surface area contributed by atoms with Crippen molar-refractivity contribution in [3.05, 3.63) is 54.1 Å². The summed E-state index contributed by atoms with van der Waals surface area (Å²) in [6.07, 6.45) is 3.55. The zero-order valence-electron chi connectivity index (χ0n) is 18.4. The van der Waals surface area contributed by atoms with Crippen molar-refractivity contribution >= 4 is 23.2 Å². The van der Waals surface area contributed by atoms with E-state index >= 15 is 0 Å². The van der Waals surface area contributed by atoms with E-state index in [2.05, 4.69) is 15.6 Å². The van der Waals surface area contributed by atoms with Gasteiger partial charge in [-0.2, -0.15) is 0 Å². The maximum Gasteiger partial charge on any atom is 0.226 e. The van der Waals surface area contributed by atoms with Crippen LogP contribution in [0.5, 0.6) is 5.75 Å². The minimum absolute atomic E-state index is 0.214. The maximum atomic E-state index is 12.1. The standard InChI is InChI=1S/C24H32N4O3/c1-25-24(27-20-7-5-8-22(17-20)31-16-6-15-30-2)26-18-19-10-12-21(13-11-19)28-14-4-3-9-23(28)29/h5,7-8,10-13,17H,3-4,6,9,14-16,18H2,1-2H3,(H2,25,26,27). The summed E-state index contributed by atoms with van der Waals surface area (Å²) in [5, 5.41) is 6.61. The summed E-state index contributed by atoms with van der Waals surface area (Å²) in [5.74, 6) is 1.69. The lowest BCUT2D eigenvalue weighted by molar-refractivity contribution is -0.119. The number of hydrogen-bond donors (Lipinski definition) is 2. The maximum absolute atomic E-state index is 12.1. The van der Waals surface area contributed by atoms with E-state index in [9.17, 15) is 4.79 Å². The fourth-order valence-corrected chi connectivity index (χ4v) is 3.43. The zero-order valence-corrected chi connectivity index (χ0v) is 18.4. The van der Waals surface area contributed by atoms with E-state index in [1.165, 1.54) is 0 Å². The van der Waals surface area contributed by atoms with E-state index < -0.39 is 0 Å². The number of carbonyl (C=O) groups is 1. The van der Waals surface area contributed by atoms with Crippen LogP contribution in [0.25, 0.3) is 0 Å². The molecule has 0 unspecified atom stereocenters. The number of aliphatic imine (C=N–C) groups is 1. The van der Waals surface area contributed by atoms with Gasteiger partial charge in [-0.05, 0) is 42.7 Å². The minimum atomic E-state index is 0.214. The highest BCUT2D eigenvalue weighted by molar-refractivity contribution is 5.94. The average molecular weight is 425 g/mol. The fourth-order valence-electron chi connectivity index (χ4n) is 3.43. The smallest absolute Gasteiger partial charge is 0.226 e. The SMILES string of the molecule is CN=C(NCc1ccc(N2CCCCC2=O)cc1)Nc1cccc(OCCCOC)c1. The van der Waals surface area contributed by atoms with Gasteiger partial charge in [-0.25, -0.2) is 0 Å². The van der Waals surface area contributed by atoms with Crippen molar-refractivity contribution in [3.63, 3.8) is 0 Å². The predicted octanol–water partition coefficient (Wildman–Crippen LogP) is 3.81. The van der Waals surface area contributed by atoms with Crippen LogP contribution < -0.4 is 20.3 Å². The molecule has 1 saturated heterocycles. The van der Waals surface area contributed by atoms with Gasteiger partial charge in [0.1, 0.15) is 5.75 Å². The van der Waals surface area contributed by atoms with Crippen LogP contribution in [-0.2, 0) is 16.1 Å². The number of nitrogens with zero attached hydrogens (tertiary/aromatic N) is 2. The first-order chi connectivity index (χ1) is 15.2. The van der Waals surface area contributed by atoms with Gasteiger partial charge in [0.15, 0.2) is 5.96 Å². The van der Waals surface area contributed by atoms with Crippen LogP contribution in [-0.4, -0.2) is 45.8 Å². The molecule has 2 aromatic carbocycles. The Morgan fingerprint density at radius 1 is 1.13 bits per heavy atom. The van der Waals surface area contributed by atoms with Crippen molar-refractivity contribution in [1.29, 1.82) is 0 Å². The number of benzene rings is 2.